The van der Waals surface area contributed by atoms with Gasteiger partial charge in [-0.05, 0) is 48.7 Å². The summed E-state index contributed by atoms with van der Waals surface area (Å²) >= 11 is 0. The third-order valence-electron chi connectivity index (χ3n) is 3.96. The number of aromatic nitrogens is 1. The monoisotopic (exact) mass is 310 g/mol. The van der Waals surface area contributed by atoms with Gasteiger partial charge in [0, 0.05) is 43.4 Å². The molecule has 1 aliphatic rings. The summed E-state index contributed by atoms with van der Waals surface area (Å²) in [4.78, 5) is 18.4. The summed E-state index contributed by atoms with van der Waals surface area (Å²) in [5.74, 6) is -0.0391. The Morgan fingerprint density at radius 1 is 1.13 bits per heavy atom. The van der Waals surface area contributed by atoms with Gasteiger partial charge in [-0.1, -0.05) is 6.07 Å². The lowest BCUT2D eigenvalue weighted by atomic mass is 10.2. The first-order valence-corrected chi connectivity index (χ1v) is 8.06. The maximum absolute atomic E-state index is 11.9. The van der Waals surface area contributed by atoms with Gasteiger partial charge >= 0.3 is 0 Å². The number of nitrogens with one attached hydrogen (secondary N) is 2. The van der Waals surface area contributed by atoms with Crippen LogP contribution in [0.1, 0.15) is 18.4 Å². The first-order chi connectivity index (χ1) is 11.3. The summed E-state index contributed by atoms with van der Waals surface area (Å²) in [5.41, 5.74) is 3.13. The highest BCUT2D eigenvalue weighted by Gasteiger charge is 2.12. The number of pyridine rings is 1. The quantitative estimate of drug-likeness (QED) is 0.860. The molecule has 2 heterocycles. The molecule has 1 amide bonds. The largest absolute Gasteiger partial charge is 0.372 e. The molecular formula is C18H22N4O. The Morgan fingerprint density at radius 2 is 1.91 bits per heavy atom. The normalized spacial score (nSPS) is 14.0. The molecule has 0 saturated carbocycles. The Morgan fingerprint density at radius 3 is 2.61 bits per heavy atom. The molecule has 0 spiro atoms. The van der Waals surface area contributed by atoms with Crippen LogP contribution >= 0.6 is 0 Å². The van der Waals surface area contributed by atoms with Crippen molar-refractivity contribution in [1.82, 2.24) is 10.3 Å². The smallest absolute Gasteiger partial charge is 0.238 e. The van der Waals surface area contributed by atoms with E-state index in [1.54, 1.807) is 12.4 Å². The van der Waals surface area contributed by atoms with Crippen molar-refractivity contribution >= 4 is 17.3 Å². The number of hydrogen-bond donors (Lipinski definition) is 2. The Labute approximate surface area is 136 Å². The topological polar surface area (TPSA) is 57.3 Å². The van der Waals surface area contributed by atoms with Crippen LogP contribution < -0.4 is 15.5 Å². The van der Waals surface area contributed by atoms with Crippen molar-refractivity contribution in [2.75, 3.05) is 29.9 Å². The van der Waals surface area contributed by atoms with E-state index in [0.717, 1.165) is 24.3 Å². The molecular weight excluding hydrogens is 288 g/mol. The van der Waals surface area contributed by atoms with Crippen LogP contribution in [-0.4, -0.2) is 30.5 Å². The lowest BCUT2D eigenvalue weighted by molar-refractivity contribution is -0.115. The first kappa shape index (κ1) is 15.5. The molecule has 5 nitrogen and oxygen atoms in total. The van der Waals surface area contributed by atoms with Crippen molar-refractivity contribution in [2.24, 2.45) is 0 Å². The number of rotatable bonds is 6. The van der Waals surface area contributed by atoms with Crippen LogP contribution in [0.2, 0.25) is 0 Å². The number of hydrogen-bond acceptors (Lipinski definition) is 4. The minimum Gasteiger partial charge on any atom is -0.372 e. The summed E-state index contributed by atoms with van der Waals surface area (Å²) in [6, 6.07) is 11.9. The maximum Gasteiger partial charge on any atom is 0.238 e. The second-order valence-electron chi connectivity index (χ2n) is 5.75. The summed E-state index contributed by atoms with van der Waals surface area (Å²) in [6.45, 7) is 3.17. The van der Waals surface area contributed by atoms with E-state index in [1.807, 2.05) is 24.3 Å². The third kappa shape index (κ3) is 4.53. The molecule has 1 aromatic heterocycles. The average Bonchev–Trinajstić information content (AvgIpc) is 3.11. The maximum atomic E-state index is 11.9. The lowest BCUT2D eigenvalue weighted by Gasteiger charge is -2.17. The number of nitrogens with zero attached hydrogens (tertiary/aromatic N) is 2. The molecule has 1 aliphatic heterocycles. The number of carbonyl (C=O) groups is 1. The van der Waals surface area contributed by atoms with Crippen LogP contribution in [0.4, 0.5) is 11.4 Å². The van der Waals surface area contributed by atoms with Gasteiger partial charge in [0.15, 0.2) is 0 Å². The molecule has 0 unspecified atom stereocenters. The van der Waals surface area contributed by atoms with Crippen LogP contribution in [-0.2, 0) is 11.3 Å². The summed E-state index contributed by atoms with van der Waals surface area (Å²) < 4.78 is 0. The van der Waals surface area contributed by atoms with E-state index < -0.39 is 0 Å². The standard InChI is InChI=1S/C18H22N4O/c23-18(14-20-13-15-4-3-9-19-12-15)21-16-5-7-17(8-6-16)22-10-1-2-11-22/h3-9,12,20H,1-2,10-11,13-14H2,(H,21,23). The first-order valence-electron chi connectivity index (χ1n) is 8.06. The third-order valence-corrected chi connectivity index (χ3v) is 3.96. The molecule has 0 bridgehead atoms. The molecule has 0 aliphatic carbocycles. The Hall–Kier alpha value is -2.40. The highest BCUT2D eigenvalue weighted by molar-refractivity contribution is 5.92. The van der Waals surface area contributed by atoms with E-state index in [-0.39, 0.29) is 12.5 Å². The molecule has 2 N–H and O–H groups in total. The minimum absolute atomic E-state index is 0.0391. The summed E-state index contributed by atoms with van der Waals surface area (Å²) in [5, 5.41) is 6.03. The van der Waals surface area contributed by atoms with Gasteiger partial charge in [-0.15, -0.1) is 0 Å². The fourth-order valence-electron chi connectivity index (χ4n) is 2.76. The van der Waals surface area contributed by atoms with Gasteiger partial charge in [-0.25, -0.2) is 0 Å². The minimum atomic E-state index is -0.0391. The van der Waals surface area contributed by atoms with Crippen molar-refractivity contribution in [3.63, 3.8) is 0 Å². The average molecular weight is 310 g/mol. The SMILES string of the molecule is O=C(CNCc1cccnc1)Nc1ccc(N2CCCC2)cc1. The van der Waals surface area contributed by atoms with Gasteiger partial charge in [-0.2, -0.15) is 0 Å². The Kier molecular flexibility index (Phi) is 5.21. The van der Waals surface area contributed by atoms with E-state index in [2.05, 4.69) is 32.7 Å². The van der Waals surface area contributed by atoms with Crippen LogP contribution in [0.15, 0.2) is 48.8 Å². The summed E-state index contributed by atoms with van der Waals surface area (Å²) in [6.07, 6.45) is 6.06. The molecule has 1 aromatic carbocycles. The van der Waals surface area contributed by atoms with Gasteiger partial charge < -0.3 is 15.5 Å². The molecule has 0 radical (unpaired) electrons. The fraction of sp³-hybridized carbons (Fsp3) is 0.333. The number of anilines is 2. The van der Waals surface area contributed by atoms with E-state index >= 15 is 0 Å². The van der Waals surface area contributed by atoms with Crippen molar-refractivity contribution < 1.29 is 4.79 Å². The second kappa shape index (κ2) is 7.74. The zero-order valence-corrected chi connectivity index (χ0v) is 13.2. The second-order valence-corrected chi connectivity index (χ2v) is 5.75. The number of benzene rings is 1. The number of amides is 1. The molecule has 2 aromatic rings. The molecule has 120 valence electrons. The molecule has 0 atom stereocenters. The lowest BCUT2D eigenvalue weighted by Crippen LogP contribution is -2.27. The van der Waals surface area contributed by atoms with Crippen LogP contribution in [0.5, 0.6) is 0 Å². The van der Waals surface area contributed by atoms with Gasteiger partial charge in [-0.3, -0.25) is 9.78 Å². The van der Waals surface area contributed by atoms with Gasteiger partial charge in [0.05, 0.1) is 6.54 Å². The molecule has 23 heavy (non-hydrogen) atoms. The van der Waals surface area contributed by atoms with E-state index in [4.69, 9.17) is 0 Å². The Bertz CT molecular complexity index is 621. The van der Waals surface area contributed by atoms with Crippen molar-refractivity contribution in [3.8, 4) is 0 Å². The number of carbonyl (C=O) groups excluding carboxylic acids is 1. The highest BCUT2D eigenvalue weighted by Crippen LogP contribution is 2.21. The van der Waals surface area contributed by atoms with Crippen LogP contribution in [0, 0.1) is 0 Å². The van der Waals surface area contributed by atoms with Gasteiger partial charge in [0.1, 0.15) is 0 Å². The predicted octanol–water partition coefficient (Wildman–Crippen LogP) is 2.41. The van der Waals surface area contributed by atoms with Gasteiger partial charge in [0.2, 0.25) is 5.91 Å². The van der Waals surface area contributed by atoms with E-state index in [1.165, 1.54) is 18.5 Å². The summed E-state index contributed by atoms with van der Waals surface area (Å²) in [7, 11) is 0. The molecule has 5 heteroatoms. The molecule has 3 rings (SSSR count). The highest BCUT2D eigenvalue weighted by atomic mass is 16.1. The zero-order chi connectivity index (χ0) is 15.9. The van der Waals surface area contributed by atoms with Crippen LogP contribution in [0.3, 0.4) is 0 Å². The molecule has 1 fully saturated rings. The van der Waals surface area contributed by atoms with E-state index in [9.17, 15) is 4.79 Å². The predicted molar refractivity (Wildman–Crippen MR) is 92.5 cm³/mol. The van der Waals surface area contributed by atoms with Crippen LogP contribution in [0.25, 0.3) is 0 Å². The Balaban J connectivity index is 1.44. The van der Waals surface area contributed by atoms with E-state index in [0.29, 0.717) is 6.54 Å². The van der Waals surface area contributed by atoms with Crippen molar-refractivity contribution in [3.05, 3.63) is 54.4 Å². The van der Waals surface area contributed by atoms with Crippen molar-refractivity contribution in [2.45, 2.75) is 19.4 Å². The fourth-order valence-corrected chi connectivity index (χ4v) is 2.76. The van der Waals surface area contributed by atoms with Crippen molar-refractivity contribution in [1.29, 1.82) is 0 Å². The zero-order valence-electron chi connectivity index (χ0n) is 13.2. The molecule has 1 saturated heterocycles. The van der Waals surface area contributed by atoms with Gasteiger partial charge in [0.25, 0.3) is 0 Å².